The summed E-state index contributed by atoms with van der Waals surface area (Å²) in [4.78, 5) is 18.7. The lowest BCUT2D eigenvalue weighted by atomic mass is 9.80. The number of piperazine rings is 1. The normalized spacial score (nSPS) is 22.5. The van der Waals surface area contributed by atoms with Crippen LogP contribution in [0.2, 0.25) is 0 Å². The molecule has 2 atom stereocenters. The summed E-state index contributed by atoms with van der Waals surface area (Å²) < 4.78 is 5.52. The summed E-state index contributed by atoms with van der Waals surface area (Å²) in [6, 6.07) is 13.9. The predicted molar refractivity (Wildman–Crippen MR) is 136 cm³/mol. The van der Waals surface area contributed by atoms with Crippen molar-refractivity contribution in [3.63, 3.8) is 0 Å². The quantitative estimate of drug-likeness (QED) is 0.659. The summed E-state index contributed by atoms with van der Waals surface area (Å²) in [5.41, 5.74) is 3.54. The van der Waals surface area contributed by atoms with Crippen LogP contribution in [0.5, 0.6) is 11.5 Å². The van der Waals surface area contributed by atoms with Crippen molar-refractivity contribution in [2.75, 3.05) is 43.5 Å². The highest BCUT2D eigenvalue weighted by Crippen LogP contribution is 2.35. The molecule has 1 aliphatic carbocycles. The van der Waals surface area contributed by atoms with E-state index < -0.39 is 0 Å². The van der Waals surface area contributed by atoms with Gasteiger partial charge in [-0.25, -0.2) is 0 Å². The van der Waals surface area contributed by atoms with Gasteiger partial charge in [-0.05, 0) is 49.4 Å². The van der Waals surface area contributed by atoms with Crippen LogP contribution >= 0.6 is 0 Å². The number of anilines is 2. The number of rotatable bonds is 6. The van der Waals surface area contributed by atoms with Gasteiger partial charge in [-0.1, -0.05) is 37.5 Å². The zero-order valence-corrected chi connectivity index (χ0v) is 20.2. The number of fused-ring (bicyclic) bond motifs is 1. The number of ketones is 1. The average Bonchev–Trinajstić information content (AvgIpc) is 2.89. The molecule has 5 rings (SSSR count). The Hall–Kier alpha value is -2.73. The number of phenols is 1. The lowest BCUT2D eigenvalue weighted by Crippen LogP contribution is -2.60. The van der Waals surface area contributed by atoms with Crippen molar-refractivity contribution < 1.29 is 14.6 Å². The van der Waals surface area contributed by atoms with E-state index in [9.17, 15) is 9.90 Å². The number of nitrogens with one attached hydrogen (secondary N) is 1. The lowest BCUT2D eigenvalue weighted by Gasteiger charge is -2.45. The van der Waals surface area contributed by atoms with Crippen molar-refractivity contribution in [2.24, 2.45) is 5.92 Å². The van der Waals surface area contributed by atoms with E-state index in [0.717, 1.165) is 57.5 Å². The summed E-state index contributed by atoms with van der Waals surface area (Å²) in [6.07, 6.45) is 7.72. The van der Waals surface area contributed by atoms with E-state index in [2.05, 4.69) is 39.4 Å². The Labute approximate surface area is 202 Å². The molecule has 2 aliphatic heterocycles. The third-order valence-corrected chi connectivity index (χ3v) is 7.97. The number of aryl methyl sites for hydroxylation is 1. The van der Waals surface area contributed by atoms with Crippen LogP contribution in [0.25, 0.3) is 0 Å². The van der Waals surface area contributed by atoms with Crippen LogP contribution in [0.1, 0.15) is 44.1 Å². The van der Waals surface area contributed by atoms with Crippen LogP contribution in [0, 0.1) is 5.92 Å². The smallest absolute Gasteiger partial charge is 0.155 e. The fourth-order valence-electron chi connectivity index (χ4n) is 6.13. The van der Waals surface area contributed by atoms with Crippen molar-refractivity contribution in [2.45, 2.75) is 57.0 Å². The van der Waals surface area contributed by atoms with Gasteiger partial charge in [-0.2, -0.15) is 0 Å². The molecule has 0 radical (unpaired) electrons. The summed E-state index contributed by atoms with van der Waals surface area (Å²) in [6.45, 7) is 3.34. The maximum absolute atomic E-state index is 14.0. The molecule has 6 nitrogen and oxygen atoms in total. The zero-order chi connectivity index (χ0) is 23.5. The van der Waals surface area contributed by atoms with E-state index in [1.54, 1.807) is 19.2 Å². The topological polar surface area (TPSA) is 65.0 Å². The summed E-state index contributed by atoms with van der Waals surface area (Å²) in [5, 5.41) is 13.6. The number of methoxy groups -OCH3 is 1. The maximum atomic E-state index is 14.0. The Kier molecular flexibility index (Phi) is 6.95. The van der Waals surface area contributed by atoms with Gasteiger partial charge < -0.3 is 20.1 Å². The molecule has 0 bridgehead atoms. The summed E-state index contributed by atoms with van der Waals surface area (Å²) >= 11 is 0. The fourth-order valence-corrected chi connectivity index (χ4v) is 6.13. The molecule has 182 valence electrons. The predicted octanol–water partition coefficient (Wildman–Crippen LogP) is 4.47. The van der Waals surface area contributed by atoms with Crippen LogP contribution in [-0.4, -0.2) is 61.2 Å². The fraction of sp³-hybridized carbons (Fsp3) is 0.536. The molecular weight excluding hydrogens is 426 g/mol. The molecule has 2 N–H and O–H groups in total. The molecule has 6 heteroatoms. The third kappa shape index (κ3) is 4.74. The van der Waals surface area contributed by atoms with Crippen molar-refractivity contribution in [1.29, 1.82) is 0 Å². The van der Waals surface area contributed by atoms with Gasteiger partial charge in [0, 0.05) is 49.9 Å². The molecule has 2 aromatic rings. The number of Topliss-reactive ketones (excluding diaryl/α,β-unsaturated/α-hetero) is 1. The largest absolute Gasteiger partial charge is 0.508 e. The SMILES string of the molecule is COc1cc(O)ccc1N1CCN(C(C(=O)C2CCCCC2)C2CCc3ccccc3N2)CC1. The highest BCUT2D eigenvalue weighted by atomic mass is 16.5. The number of aromatic hydroxyl groups is 1. The molecule has 2 fully saturated rings. The standard InChI is InChI=1S/C28H37N3O3/c1-34-26-19-22(32)12-14-25(26)30-15-17-31(18-16-30)27(28(33)21-8-3-2-4-9-21)24-13-11-20-7-5-6-10-23(20)29-24/h5-7,10,12,14,19,21,24,27,29,32H,2-4,8-9,11,13,15-18H2,1H3. The lowest BCUT2D eigenvalue weighted by molar-refractivity contribution is -0.130. The molecule has 2 heterocycles. The first kappa shape index (κ1) is 23.0. The minimum atomic E-state index is -0.0830. The molecule has 0 spiro atoms. The minimum Gasteiger partial charge on any atom is -0.508 e. The van der Waals surface area contributed by atoms with Crippen molar-refractivity contribution >= 4 is 17.2 Å². The number of nitrogens with zero attached hydrogens (tertiary/aromatic N) is 2. The Morgan fingerprint density at radius 1 is 1.03 bits per heavy atom. The van der Waals surface area contributed by atoms with Crippen molar-refractivity contribution in [3.8, 4) is 11.5 Å². The number of phenolic OH excluding ortho intramolecular Hbond substituents is 1. The van der Waals surface area contributed by atoms with Crippen LogP contribution in [0.3, 0.4) is 0 Å². The zero-order valence-electron chi connectivity index (χ0n) is 20.2. The molecule has 0 amide bonds. The molecule has 1 saturated carbocycles. The van der Waals surface area contributed by atoms with E-state index >= 15 is 0 Å². The Bertz CT molecular complexity index is 996. The van der Waals surface area contributed by atoms with Gasteiger partial charge >= 0.3 is 0 Å². The number of carbonyl (C=O) groups excluding carboxylic acids is 1. The van der Waals surface area contributed by atoms with E-state index in [0.29, 0.717) is 11.5 Å². The second-order valence-corrected chi connectivity index (χ2v) is 10.0. The number of ether oxygens (including phenoxy) is 1. The molecule has 34 heavy (non-hydrogen) atoms. The second kappa shape index (κ2) is 10.3. The minimum absolute atomic E-state index is 0.0830. The Balaban J connectivity index is 1.34. The van der Waals surface area contributed by atoms with E-state index in [4.69, 9.17) is 4.74 Å². The molecule has 2 unspecified atom stereocenters. The number of para-hydroxylation sites is 1. The Morgan fingerprint density at radius 3 is 2.56 bits per heavy atom. The first-order valence-corrected chi connectivity index (χ1v) is 12.9. The Morgan fingerprint density at radius 2 is 1.79 bits per heavy atom. The molecule has 2 aromatic carbocycles. The third-order valence-electron chi connectivity index (χ3n) is 7.97. The van der Waals surface area contributed by atoms with Crippen molar-refractivity contribution in [3.05, 3.63) is 48.0 Å². The van der Waals surface area contributed by atoms with Crippen LogP contribution in [0.15, 0.2) is 42.5 Å². The number of carbonyl (C=O) groups is 1. The van der Waals surface area contributed by atoms with Gasteiger partial charge in [-0.3, -0.25) is 9.69 Å². The highest BCUT2D eigenvalue weighted by Gasteiger charge is 2.40. The maximum Gasteiger partial charge on any atom is 0.155 e. The van der Waals surface area contributed by atoms with Gasteiger partial charge in [0.1, 0.15) is 11.5 Å². The summed E-state index contributed by atoms with van der Waals surface area (Å²) in [5.74, 6) is 1.55. The highest BCUT2D eigenvalue weighted by molar-refractivity contribution is 5.88. The number of hydrogen-bond donors (Lipinski definition) is 2. The monoisotopic (exact) mass is 463 g/mol. The molecule has 3 aliphatic rings. The number of hydrogen-bond acceptors (Lipinski definition) is 6. The molecular formula is C28H37N3O3. The van der Waals surface area contributed by atoms with Crippen LogP contribution in [0.4, 0.5) is 11.4 Å². The first-order chi connectivity index (χ1) is 16.6. The second-order valence-electron chi connectivity index (χ2n) is 10.0. The van der Waals surface area contributed by atoms with Gasteiger partial charge in [0.25, 0.3) is 0 Å². The molecule has 0 aromatic heterocycles. The van der Waals surface area contributed by atoms with Crippen LogP contribution in [-0.2, 0) is 11.2 Å². The van der Waals surface area contributed by atoms with Gasteiger partial charge in [0.15, 0.2) is 5.78 Å². The number of benzene rings is 2. The van der Waals surface area contributed by atoms with E-state index in [1.165, 1.54) is 30.5 Å². The van der Waals surface area contributed by atoms with Crippen molar-refractivity contribution in [1.82, 2.24) is 4.90 Å². The molecule has 1 saturated heterocycles. The van der Waals surface area contributed by atoms with Gasteiger partial charge in [0.05, 0.1) is 18.8 Å². The van der Waals surface area contributed by atoms with Gasteiger partial charge in [-0.15, -0.1) is 0 Å². The van der Waals surface area contributed by atoms with E-state index in [1.807, 2.05) is 6.07 Å². The van der Waals surface area contributed by atoms with E-state index in [-0.39, 0.29) is 23.8 Å². The van der Waals surface area contributed by atoms with Crippen LogP contribution < -0.4 is 15.0 Å². The summed E-state index contributed by atoms with van der Waals surface area (Å²) in [7, 11) is 1.64. The van der Waals surface area contributed by atoms with Gasteiger partial charge in [0.2, 0.25) is 0 Å². The first-order valence-electron chi connectivity index (χ1n) is 12.9. The average molecular weight is 464 g/mol.